The summed E-state index contributed by atoms with van der Waals surface area (Å²) in [5.41, 5.74) is 0.844. The standard InChI is InChI=1S/C13H13N3O2/c1-16(8-10-5-3-2-4-6-10)13(18)11-7-12(17)15-9-14-11/h2-7,9H,8H2,1H3,(H,14,15,17). The fourth-order valence-electron chi connectivity index (χ4n) is 1.61. The molecule has 0 unspecified atom stereocenters. The maximum atomic E-state index is 12.0. The molecular formula is C13H13N3O2. The molecule has 5 nitrogen and oxygen atoms in total. The van der Waals surface area contributed by atoms with Gasteiger partial charge in [-0.3, -0.25) is 9.59 Å². The van der Waals surface area contributed by atoms with Gasteiger partial charge in [0.1, 0.15) is 5.69 Å². The minimum absolute atomic E-state index is 0.150. The lowest BCUT2D eigenvalue weighted by atomic mass is 10.2. The summed E-state index contributed by atoms with van der Waals surface area (Å²) in [7, 11) is 1.68. The second kappa shape index (κ2) is 5.27. The third-order valence-corrected chi connectivity index (χ3v) is 2.51. The van der Waals surface area contributed by atoms with Gasteiger partial charge in [-0.05, 0) is 5.56 Å². The normalized spacial score (nSPS) is 10.1. The maximum Gasteiger partial charge on any atom is 0.272 e. The van der Waals surface area contributed by atoms with Crippen LogP contribution in [0.3, 0.4) is 0 Å². The van der Waals surface area contributed by atoms with Crippen LogP contribution in [0.15, 0.2) is 47.5 Å². The molecule has 5 heteroatoms. The van der Waals surface area contributed by atoms with Gasteiger partial charge in [-0.2, -0.15) is 0 Å². The van der Waals surface area contributed by atoms with Crippen molar-refractivity contribution in [2.75, 3.05) is 7.05 Å². The predicted molar refractivity (Wildman–Crippen MR) is 67.1 cm³/mol. The van der Waals surface area contributed by atoms with Crippen LogP contribution in [0.4, 0.5) is 0 Å². The third-order valence-electron chi connectivity index (χ3n) is 2.51. The molecule has 0 aliphatic carbocycles. The molecule has 0 fully saturated rings. The summed E-state index contributed by atoms with van der Waals surface area (Å²) >= 11 is 0. The van der Waals surface area contributed by atoms with E-state index in [-0.39, 0.29) is 17.2 Å². The number of hydrogen-bond acceptors (Lipinski definition) is 3. The molecule has 2 rings (SSSR count). The first-order chi connectivity index (χ1) is 8.66. The molecule has 1 N–H and O–H groups in total. The van der Waals surface area contributed by atoms with Gasteiger partial charge in [0, 0.05) is 19.7 Å². The van der Waals surface area contributed by atoms with Crippen molar-refractivity contribution in [1.29, 1.82) is 0 Å². The first kappa shape index (κ1) is 12.0. The van der Waals surface area contributed by atoms with Crippen LogP contribution >= 0.6 is 0 Å². The summed E-state index contributed by atoms with van der Waals surface area (Å²) in [6, 6.07) is 10.8. The lowest BCUT2D eigenvalue weighted by Gasteiger charge is -2.16. The highest BCUT2D eigenvalue weighted by molar-refractivity contribution is 5.91. The zero-order valence-corrected chi connectivity index (χ0v) is 9.96. The number of H-pyrrole nitrogens is 1. The Hall–Kier alpha value is -2.43. The van der Waals surface area contributed by atoms with Crippen LogP contribution in [0.2, 0.25) is 0 Å². The minimum atomic E-state index is -0.332. The molecule has 1 aromatic carbocycles. The van der Waals surface area contributed by atoms with Gasteiger partial charge in [-0.25, -0.2) is 4.98 Å². The summed E-state index contributed by atoms with van der Waals surface area (Å²) in [6.07, 6.45) is 1.23. The van der Waals surface area contributed by atoms with E-state index < -0.39 is 0 Å². The first-order valence-corrected chi connectivity index (χ1v) is 5.51. The molecule has 0 saturated heterocycles. The number of aromatic nitrogens is 2. The van der Waals surface area contributed by atoms with Crippen molar-refractivity contribution in [3.8, 4) is 0 Å². The quantitative estimate of drug-likeness (QED) is 0.876. The van der Waals surface area contributed by atoms with Gasteiger partial charge in [-0.1, -0.05) is 30.3 Å². The van der Waals surface area contributed by atoms with E-state index in [0.29, 0.717) is 6.54 Å². The van der Waals surface area contributed by atoms with E-state index in [2.05, 4.69) is 9.97 Å². The van der Waals surface area contributed by atoms with Crippen LogP contribution in [0.1, 0.15) is 16.1 Å². The van der Waals surface area contributed by atoms with Crippen LogP contribution in [-0.4, -0.2) is 27.8 Å². The van der Waals surface area contributed by atoms with Gasteiger partial charge in [0.2, 0.25) is 0 Å². The average molecular weight is 243 g/mol. The average Bonchev–Trinajstić information content (AvgIpc) is 2.39. The number of carbonyl (C=O) groups is 1. The molecule has 0 radical (unpaired) electrons. The number of nitrogens with one attached hydrogen (secondary N) is 1. The molecule has 1 aromatic heterocycles. The van der Waals surface area contributed by atoms with E-state index in [4.69, 9.17) is 0 Å². The Morgan fingerprint density at radius 2 is 2.06 bits per heavy atom. The van der Waals surface area contributed by atoms with Gasteiger partial charge >= 0.3 is 0 Å². The zero-order valence-electron chi connectivity index (χ0n) is 9.96. The van der Waals surface area contributed by atoms with Crippen molar-refractivity contribution in [3.63, 3.8) is 0 Å². The van der Waals surface area contributed by atoms with Crippen LogP contribution in [0.5, 0.6) is 0 Å². The molecule has 0 aliphatic rings. The third kappa shape index (κ3) is 2.82. The van der Waals surface area contributed by atoms with E-state index in [1.54, 1.807) is 7.05 Å². The Kier molecular flexibility index (Phi) is 3.52. The van der Waals surface area contributed by atoms with E-state index >= 15 is 0 Å². The number of nitrogens with zero attached hydrogens (tertiary/aromatic N) is 2. The molecule has 18 heavy (non-hydrogen) atoms. The van der Waals surface area contributed by atoms with Crippen LogP contribution in [-0.2, 0) is 6.54 Å². The monoisotopic (exact) mass is 243 g/mol. The summed E-state index contributed by atoms with van der Waals surface area (Å²) in [4.78, 5) is 30.9. The molecule has 0 spiro atoms. The minimum Gasteiger partial charge on any atom is -0.336 e. The summed E-state index contributed by atoms with van der Waals surface area (Å²) in [6.45, 7) is 0.480. The Morgan fingerprint density at radius 1 is 1.33 bits per heavy atom. The van der Waals surface area contributed by atoms with Crippen molar-refractivity contribution in [1.82, 2.24) is 14.9 Å². The highest BCUT2D eigenvalue weighted by Gasteiger charge is 2.13. The Morgan fingerprint density at radius 3 is 2.72 bits per heavy atom. The van der Waals surface area contributed by atoms with Crippen LogP contribution < -0.4 is 5.56 Å². The molecule has 2 aromatic rings. The topological polar surface area (TPSA) is 66.1 Å². The van der Waals surface area contributed by atoms with Crippen molar-refractivity contribution in [3.05, 3.63) is 64.3 Å². The number of rotatable bonds is 3. The fourth-order valence-corrected chi connectivity index (χ4v) is 1.61. The molecule has 0 aliphatic heterocycles. The second-order valence-electron chi connectivity index (χ2n) is 3.94. The van der Waals surface area contributed by atoms with E-state index in [0.717, 1.165) is 5.56 Å². The summed E-state index contributed by atoms with van der Waals surface area (Å²) < 4.78 is 0. The van der Waals surface area contributed by atoms with Crippen LogP contribution in [0, 0.1) is 0 Å². The van der Waals surface area contributed by atoms with Crippen molar-refractivity contribution in [2.24, 2.45) is 0 Å². The maximum absolute atomic E-state index is 12.0. The largest absolute Gasteiger partial charge is 0.336 e. The highest BCUT2D eigenvalue weighted by atomic mass is 16.2. The second-order valence-corrected chi connectivity index (χ2v) is 3.94. The Balaban J connectivity index is 2.12. The molecule has 1 heterocycles. The molecule has 1 amide bonds. The Bertz CT molecular complexity index is 592. The molecule has 0 bridgehead atoms. The van der Waals surface area contributed by atoms with Crippen molar-refractivity contribution >= 4 is 5.91 Å². The van der Waals surface area contributed by atoms with Crippen molar-refractivity contribution < 1.29 is 4.79 Å². The number of benzene rings is 1. The molecule has 0 saturated carbocycles. The lowest BCUT2D eigenvalue weighted by Crippen LogP contribution is -2.28. The van der Waals surface area contributed by atoms with E-state index in [1.165, 1.54) is 17.3 Å². The van der Waals surface area contributed by atoms with E-state index in [9.17, 15) is 9.59 Å². The fraction of sp³-hybridized carbons (Fsp3) is 0.154. The number of hydrogen-bond donors (Lipinski definition) is 1. The molecule has 92 valence electrons. The van der Waals surface area contributed by atoms with Gasteiger partial charge in [0.15, 0.2) is 0 Å². The number of aromatic amines is 1. The van der Waals surface area contributed by atoms with Gasteiger partial charge in [0.25, 0.3) is 11.5 Å². The first-order valence-electron chi connectivity index (χ1n) is 5.51. The number of amides is 1. The Labute approximate surface area is 104 Å². The molecular weight excluding hydrogens is 230 g/mol. The summed E-state index contributed by atoms with van der Waals surface area (Å²) in [5.74, 6) is -0.273. The SMILES string of the molecule is CN(Cc1ccccc1)C(=O)c1cc(=O)[nH]cn1. The smallest absolute Gasteiger partial charge is 0.272 e. The van der Waals surface area contributed by atoms with Crippen LogP contribution in [0.25, 0.3) is 0 Å². The predicted octanol–water partition coefficient (Wildman–Crippen LogP) is 1.04. The zero-order chi connectivity index (χ0) is 13.0. The molecule has 0 atom stereocenters. The van der Waals surface area contributed by atoms with Gasteiger partial charge in [0.05, 0.1) is 6.33 Å². The van der Waals surface area contributed by atoms with Crippen molar-refractivity contribution in [2.45, 2.75) is 6.54 Å². The van der Waals surface area contributed by atoms with Gasteiger partial charge < -0.3 is 9.88 Å². The highest BCUT2D eigenvalue weighted by Crippen LogP contribution is 2.05. The van der Waals surface area contributed by atoms with Gasteiger partial charge in [-0.15, -0.1) is 0 Å². The van der Waals surface area contributed by atoms with E-state index in [1.807, 2.05) is 30.3 Å². The number of carbonyl (C=O) groups excluding carboxylic acids is 1. The lowest BCUT2D eigenvalue weighted by molar-refractivity contribution is 0.0779. The summed E-state index contributed by atoms with van der Waals surface area (Å²) in [5, 5.41) is 0.